The molecule has 0 unspecified atom stereocenters. The maximum absolute atomic E-state index is 13.0. The molecule has 0 aliphatic carbocycles. The lowest BCUT2D eigenvalue weighted by molar-refractivity contribution is -0.139. The first-order valence-electron chi connectivity index (χ1n) is 10.7. The number of rotatable bonds is 8. The minimum Gasteiger partial charge on any atom is -0.480 e. The van der Waals surface area contributed by atoms with Crippen LogP contribution in [-0.2, 0) is 16.0 Å². The first-order valence-corrected chi connectivity index (χ1v) is 10.7. The number of nitrogens with one attached hydrogen (secondary N) is 3. The second-order valence-corrected chi connectivity index (χ2v) is 7.71. The number of aliphatic carboxylic acids is 1. The molecule has 7 heteroatoms. The van der Waals surface area contributed by atoms with Crippen LogP contribution >= 0.6 is 0 Å². The molecule has 0 radical (unpaired) electrons. The highest BCUT2D eigenvalue weighted by molar-refractivity contribution is 6.08. The molecule has 0 aliphatic heterocycles. The molecule has 0 saturated heterocycles. The summed E-state index contributed by atoms with van der Waals surface area (Å²) in [6.45, 7) is 0. The number of aromatic amines is 1. The van der Waals surface area contributed by atoms with Gasteiger partial charge in [0.2, 0.25) is 5.91 Å². The van der Waals surface area contributed by atoms with Gasteiger partial charge in [0.05, 0.1) is 11.3 Å². The molecule has 170 valence electrons. The predicted octanol–water partition coefficient (Wildman–Crippen LogP) is 4.25. The lowest BCUT2D eigenvalue weighted by Crippen LogP contribution is -2.42. The van der Waals surface area contributed by atoms with Gasteiger partial charge < -0.3 is 20.7 Å². The number of amides is 2. The van der Waals surface area contributed by atoms with Crippen molar-refractivity contribution in [3.05, 3.63) is 108 Å². The molecule has 0 saturated carbocycles. The quantitative estimate of drug-likeness (QED) is 0.299. The Balaban J connectivity index is 1.48. The number of para-hydroxylation sites is 2. The van der Waals surface area contributed by atoms with Gasteiger partial charge in [0.25, 0.3) is 5.91 Å². The Labute approximate surface area is 196 Å². The van der Waals surface area contributed by atoms with E-state index in [-0.39, 0.29) is 12.0 Å². The molecular weight excluding hydrogens is 430 g/mol. The summed E-state index contributed by atoms with van der Waals surface area (Å²) in [6.07, 6.45) is 4.90. The Morgan fingerprint density at radius 2 is 1.62 bits per heavy atom. The van der Waals surface area contributed by atoms with Crippen LogP contribution in [0.1, 0.15) is 21.5 Å². The third kappa shape index (κ3) is 5.39. The number of benzene rings is 3. The van der Waals surface area contributed by atoms with Crippen LogP contribution < -0.4 is 10.6 Å². The molecule has 1 aromatic heterocycles. The van der Waals surface area contributed by atoms with E-state index in [1.807, 2.05) is 54.6 Å². The number of carbonyl (C=O) groups excluding carboxylic acids is 2. The molecule has 1 heterocycles. The van der Waals surface area contributed by atoms with Crippen molar-refractivity contribution >= 4 is 40.4 Å². The maximum Gasteiger partial charge on any atom is 0.326 e. The van der Waals surface area contributed by atoms with Crippen molar-refractivity contribution in [2.75, 3.05) is 5.32 Å². The molecule has 0 spiro atoms. The lowest BCUT2D eigenvalue weighted by atomic mass is 10.0. The molecule has 0 aliphatic rings. The van der Waals surface area contributed by atoms with Crippen molar-refractivity contribution in [2.24, 2.45) is 0 Å². The Bertz CT molecular complexity index is 1360. The van der Waals surface area contributed by atoms with E-state index in [0.717, 1.165) is 22.0 Å². The topological polar surface area (TPSA) is 111 Å². The molecule has 4 aromatic rings. The van der Waals surface area contributed by atoms with E-state index in [9.17, 15) is 19.5 Å². The zero-order valence-corrected chi connectivity index (χ0v) is 18.2. The molecule has 34 heavy (non-hydrogen) atoms. The van der Waals surface area contributed by atoms with Crippen LogP contribution in [0.3, 0.4) is 0 Å². The molecule has 4 N–H and O–H groups in total. The van der Waals surface area contributed by atoms with Crippen LogP contribution in [-0.4, -0.2) is 33.9 Å². The van der Waals surface area contributed by atoms with Gasteiger partial charge in [-0.3, -0.25) is 9.59 Å². The van der Waals surface area contributed by atoms with Crippen molar-refractivity contribution in [1.29, 1.82) is 0 Å². The first-order chi connectivity index (χ1) is 16.5. The summed E-state index contributed by atoms with van der Waals surface area (Å²) in [5.74, 6) is -2.14. The normalized spacial score (nSPS) is 11.9. The number of carboxylic acids is 1. The van der Waals surface area contributed by atoms with Crippen molar-refractivity contribution in [3.8, 4) is 0 Å². The van der Waals surface area contributed by atoms with Gasteiger partial charge in [-0.05, 0) is 35.4 Å². The van der Waals surface area contributed by atoms with Crippen LogP contribution in [0.15, 0.2) is 91.1 Å². The number of hydrogen-bond acceptors (Lipinski definition) is 3. The predicted molar refractivity (Wildman–Crippen MR) is 131 cm³/mol. The van der Waals surface area contributed by atoms with Gasteiger partial charge in [0.15, 0.2) is 0 Å². The van der Waals surface area contributed by atoms with E-state index in [2.05, 4.69) is 15.6 Å². The Morgan fingerprint density at radius 3 is 2.41 bits per heavy atom. The Hall–Kier alpha value is -4.65. The molecule has 1 atom stereocenters. The largest absolute Gasteiger partial charge is 0.480 e. The number of carbonyl (C=O) groups is 3. The highest BCUT2D eigenvalue weighted by atomic mass is 16.4. The number of carboxylic acid groups (broad SMARTS) is 1. The smallest absolute Gasteiger partial charge is 0.326 e. The van der Waals surface area contributed by atoms with Gasteiger partial charge in [0.1, 0.15) is 6.04 Å². The summed E-state index contributed by atoms with van der Waals surface area (Å²) in [7, 11) is 0. The van der Waals surface area contributed by atoms with E-state index in [0.29, 0.717) is 5.69 Å². The summed E-state index contributed by atoms with van der Waals surface area (Å²) in [6, 6.07) is 22.2. The number of H-pyrrole nitrogens is 1. The van der Waals surface area contributed by atoms with Crippen molar-refractivity contribution in [2.45, 2.75) is 12.5 Å². The minimum atomic E-state index is -1.15. The van der Waals surface area contributed by atoms with Gasteiger partial charge in [-0.1, -0.05) is 60.7 Å². The highest BCUT2D eigenvalue weighted by Crippen LogP contribution is 2.20. The second-order valence-electron chi connectivity index (χ2n) is 7.71. The van der Waals surface area contributed by atoms with Gasteiger partial charge in [-0.25, -0.2) is 4.79 Å². The zero-order chi connectivity index (χ0) is 23.9. The average molecular weight is 453 g/mol. The standard InChI is InChI=1S/C27H23N3O4/c31-25(15-14-18-8-2-1-3-9-18)29-23-13-7-5-11-21(23)26(32)30-24(27(33)34)16-19-17-28-22-12-6-4-10-20(19)22/h1-15,17,24,28H,16H2,(H,29,31)(H,30,32)(H,33,34)/b15-14+/t24-/m0/s1. The van der Waals surface area contributed by atoms with E-state index in [1.165, 1.54) is 12.1 Å². The molecule has 7 nitrogen and oxygen atoms in total. The van der Waals surface area contributed by atoms with Crippen LogP contribution in [0.4, 0.5) is 5.69 Å². The minimum absolute atomic E-state index is 0.111. The first kappa shape index (κ1) is 22.5. The molecule has 0 fully saturated rings. The molecule has 4 rings (SSSR count). The number of anilines is 1. The third-order valence-corrected chi connectivity index (χ3v) is 5.36. The van der Waals surface area contributed by atoms with E-state index >= 15 is 0 Å². The van der Waals surface area contributed by atoms with E-state index in [4.69, 9.17) is 0 Å². The summed E-state index contributed by atoms with van der Waals surface area (Å²) in [5, 5.41) is 15.9. The highest BCUT2D eigenvalue weighted by Gasteiger charge is 2.24. The van der Waals surface area contributed by atoms with E-state index in [1.54, 1.807) is 30.5 Å². The summed E-state index contributed by atoms with van der Waals surface area (Å²) >= 11 is 0. The monoisotopic (exact) mass is 453 g/mol. The fraction of sp³-hybridized carbons (Fsp3) is 0.0741. The molecule has 0 bridgehead atoms. The number of fused-ring (bicyclic) bond motifs is 1. The zero-order valence-electron chi connectivity index (χ0n) is 18.2. The van der Waals surface area contributed by atoms with Crippen molar-refractivity contribution in [3.63, 3.8) is 0 Å². The third-order valence-electron chi connectivity index (χ3n) is 5.36. The van der Waals surface area contributed by atoms with E-state index < -0.39 is 23.8 Å². The molecular formula is C27H23N3O4. The van der Waals surface area contributed by atoms with Crippen LogP contribution in [0.5, 0.6) is 0 Å². The van der Waals surface area contributed by atoms with Crippen LogP contribution in [0.25, 0.3) is 17.0 Å². The maximum atomic E-state index is 13.0. The van der Waals surface area contributed by atoms with Gasteiger partial charge >= 0.3 is 5.97 Å². The fourth-order valence-corrected chi connectivity index (χ4v) is 3.66. The van der Waals surface area contributed by atoms with Crippen molar-refractivity contribution in [1.82, 2.24) is 10.3 Å². The summed E-state index contributed by atoms with van der Waals surface area (Å²) in [4.78, 5) is 40.4. The molecule has 3 aromatic carbocycles. The second kappa shape index (κ2) is 10.3. The Kier molecular flexibility index (Phi) is 6.84. The van der Waals surface area contributed by atoms with Gasteiger partial charge in [0, 0.05) is 29.6 Å². The lowest BCUT2D eigenvalue weighted by Gasteiger charge is -2.16. The Morgan fingerprint density at radius 1 is 0.912 bits per heavy atom. The number of hydrogen-bond donors (Lipinski definition) is 4. The number of aromatic nitrogens is 1. The van der Waals surface area contributed by atoms with Crippen LogP contribution in [0.2, 0.25) is 0 Å². The van der Waals surface area contributed by atoms with Crippen molar-refractivity contribution < 1.29 is 19.5 Å². The summed E-state index contributed by atoms with van der Waals surface area (Å²) in [5.41, 5.74) is 3.01. The van der Waals surface area contributed by atoms with Gasteiger partial charge in [-0.15, -0.1) is 0 Å². The SMILES string of the molecule is O=C(/C=C/c1ccccc1)Nc1ccccc1C(=O)N[C@@H](Cc1c[nH]c2ccccc12)C(=O)O. The van der Waals surface area contributed by atoms with Gasteiger partial charge in [-0.2, -0.15) is 0 Å². The van der Waals surface area contributed by atoms with Crippen LogP contribution in [0, 0.1) is 0 Å². The molecule has 2 amide bonds. The average Bonchev–Trinajstić information content (AvgIpc) is 3.26. The summed E-state index contributed by atoms with van der Waals surface area (Å²) < 4.78 is 0. The fourth-order valence-electron chi connectivity index (χ4n) is 3.66.